The van der Waals surface area contributed by atoms with Crippen LogP contribution in [-0.2, 0) is 23.6 Å². The third-order valence-electron chi connectivity index (χ3n) is 19.3. The molecule has 592 valence electrons. The molecule has 2 fully saturated rings. The molecular weight excluding hydrogens is 1430 g/mol. The van der Waals surface area contributed by atoms with E-state index in [0.29, 0.717) is 48.4 Å². The number of hydrogen-bond acceptors (Lipinski definition) is 22. The van der Waals surface area contributed by atoms with Crippen LogP contribution in [0.4, 0.5) is 34.1 Å². The molecule has 0 radical (unpaired) electrons. The highest BCUT2D eigenvalue weighted by molar-refractivity contribution is 5.86. The van der Waals surface area contributed by atoms with Crippen molar-refractivity contribution in [3.05, 3.63) is 195 Å². The van der Waals surface area contributed by atoms with Crippen LogP contribution >= 0.6 is 0 Å². The van der Waals surface area contributed by atoms with Gasteiger partial charge in [0, 0.05) is 208 Å². The molecular formula is C87H106N18O8. The molecule has 2 unspecified atom stereocenters. The summed E-state index contributed by atoms with van der Waals surface area (Å²) in [6.45, 7) is 12.6. The summed E-state index contributed by atoms with van der Waals surface area (Å²) < 4.78 is 44.3. The largest absolute Gasteiger partial charge is 0.497 e. The van der Waals surface area contributed by atoms with E-state index in [-0.39, 0.29) is 34.2 Å². The Balaban J connectivity index is 0.000000177. The fraction of sp³-hybridized carbons (Fsp3) is 0.345. The fourth-order valence-electron chi connectivity index (χ4n) is 13.4. The first kappa shape index (κ1) is 83.2. The van der Waals surface area contributed by atoms with Gasteiger partial charge in [-0.1, -0.05) is 36.1 Å². The number of fused-ring (bicyclic) bond motifs is 3. The zero-order valence-electron chi connectivity index (χ0n) is 64.3. The zero-order chi connectivity index (χ0) is 76.8. The quantitative estimate of drug-likeness (QED) is 0.0485. The van der Waals surface area contributed by atoms with E-state index in [1.165, 1.54) is 5.56 Å². The van der Waals surface area contributed by atoms with E-state index in [9.17, 15) is 4.79 Å². The van der Waals surface area contributed by atoms with Gasteiger partial charge in [-0.15, -0.1) is 0 Å². The number of anilines is 6. The van der Waals surface area contributed by atoms with Crippen LogP contribution < -0.4 is 53.8 Å². The number of nitrogens with zero attached hydrogens (tertiary/aromatic N) is 16. The summed E-state index contributed by atoms with van der Waals surface area (Å²) in [5, 5.41) is 19.6. The molecule has 7 aromatic heterocycles. The number of hydrogen-bond donors (Lipinski definition) is 2. The predicted molar refractivity (Wildman–Crippen MR) is 449 cm³/mol. The van der Waals surface area contributed by atoms with Gasteiger partial charge in [-0.05, 0) is 117 Å². The summed E-state index contributed by atoms with van der Waals surface area (Å²) in [5.74, 6) is 5.33. The van der Waals surface area contributed by atoms with Crippen LogP contribution in [0.5, 0.6) is 34.5 Å². The van der Waals surface area contributed by atoms with Gasteiger partial charge in [0.2, 0.25) is 5.91 Å². The maximum atomic E-state index is 12.5. The normalized spacial score (nSPS) is 13.6. The van der Waals surface area contributed by atoms with Crippen LogP contribution in [0.2, 0.25) is 0 Å². The second-order valence-corrected chi connectivity index (χ2v) is 27.7. The monoisotopic (exact) mass is 1530 g/mol. The van der Waals surface area contributed by atoms with Crippen LogP contribution in [0.15, 0.2) is 189 Å². The molecule has 2 atom stereocenters. The van der Waals surface area contributed by atoms with Crippen molar-refractivity contribution in [2.75, 3.05) is 96.8 Å². The van der Waals surface area contributed by atoms with E-state index in [2.05, 4.69) is 112 Å². The Morgan fingerprint density at radius 2 is 0.885 bits per heavy atom. The van der Waals surface area contributed by atoms with Gasteiger partial charge in [-0.2, -0.15) is 15.3 Å². The number of carbonyl (C=O) groups is 1. The van der Waals surface area contributed by atoms with Crippen LogP contribution in [0.1, 0.15) is 93.2 Å². The maximum Gasteiger partial charge on any atom is 0.221 e. The molecule has 1 aliphatic heterocycles. The standard InChI is InChI=1S/C29H36N6O3.C29H28N6O2.C26H30N6O3.3CH4/c1-20(2)30-9-10-34(24-13-25(36-3)16-26(14-24)37-4)23-5-6-27-28(15-23)33-29(18-31-27)21-17-32-35(19-21)22-7-11-38-12-8-22;1-34-17-21(15-32-34)29-16-31-27-5-4-22(13-28(27)33-29)35(23-11-24(36-2)14-25(12-23)37-3)18-20-10-26(20)19-6-8-30-9-7-19;1-17(2)29-26(33)8-9-32(20-10-21(34-4)13-22(11-20)35-5)19-6-7-23-24(12-19)30-25(15-27-23)18-14-28-31(3)16-18;;;/h5-6,13-20,22,30H,7-12H2,1-4H3;4-9,11-17,20,26H,10,18H2,1-3H3;6-7,10-17H,8-9H2,1-5H3,(H,29,33);3*1H4. The number of aromatic nitrogens is 13. The molecule has 1 amide bonds. The molecule has 0 spiro atoms. The number of carbonyl (C=O) groups excluding carboxylic acids is 1. The van der Waals surface area contributed by atoms with E-state index >= 15 is 0 Å². The first-order chi connectivity index (χ1) is 53.5. The number of ether oxygens (including phenoxy) is 7. The topological polar surface area (TPSA) is 259 Å². The lowest BCUT2D eigenvalue weighted by Crippen LogP contribution is -2.33. The molecule has 26 nitrogen and oxygen atoms in total. The van der Waals surface area contributed by atoms with Crippen molar-refractivity contribution in [3.63, 3.8) is 0 Å². The summed E-state index contributed by atoms with van der Waals surface area (Å²) in [7, 11) is 13.7. The average molecular weight is 1530 g/mol. The van der Waals surface area contributed by atoms with Crippen LogP contribution in [0.25, 0.3) is 66.9 Å². The maximum absolute atomic E-state index is 12.5. The zero-order valence-corrected chi connectivity index (χ0v) is 64.3. The summed E-state index contributed by atoms with van der Waals surface area (Å²) in [6, 6.07) is 41.0. The second-order valence-electron chi connectivity index (χ2n) is 27.7. The minimum Gasteiger partial charge on any atom is -0.497 e. The van der Waals surface area contributed by atoms with Crippen LogP contribution in [0, 0.1) is 5.92 Å². The van der Waals surface area contributed by atoms with Crippen molar-refractivity contribution in [2.45, 2.75) is 99.7 Å². The van der Waals surface area contributed by atoms with Gasteiger partial charge < -0.3 is 58.5 Å². The Kier molecular flexibility index (Phi) is 28.4. The summed E-state index contributed by atoms with van der Waals surface area (Å²) in [4.78, 5) is 51.9. The summed E-state index contributed by atoms with van der Waals surface area (Å²) >= 11 is 0. The van der Waals surface area contributed by atoms with Gasteiger partial charge in [-0.25, -0.2) is 15.0 Å². The van der Waals surface area contributed by atoms with Crippen LogP contribution in [-0.4, -0.2) is 164 Å². The molecule has 15 rings (SSSR count). The molecule has 26 heteroatoms. The minimum absolute atomic E-state index is 0. The van der Waals surface area contributed by atoms with E-state index in [1.54, 1.807) is 76.8 Å². The molecule has 6 aromatic carbocycles. The molecule has 13 aromatic rings. The molecule has 2 N–H and O–H groups in total. The van der Waals surface area contributed by atoms with E-state index in [0.717, 1.165) is 176 Å². The van der Waals surface area contributed by atoms with Gasteiger partial charge in [0.1, 0.15) is 34.5 Å². The van der Waals surface area contributed by atoms with Crippen molar-refractivity contribution in [2.24, 2.45) is 20.0 Å². The van der Waals surface area contributed by atoms with Crippen LogP contribution in [0.3, 0.4) is 0 Å². The van der Waals surface area contributed by atoms with Gasteiger partial charge in [0.05, 0.1) is 136 Å². The smallest absolute Gasteiger partial charge is 0.221 e. The first-order valence-electron chi connectivity index (χ1n) is 36.9. The van der Waals surface area contributed by atoms with E-state index in [4.69, 9.17) is 53.1 Å². The van der Waals surface area contributed by atoms with Gasteiger partial charge in [0.15, 0.2) is 0 Å². The third-order valence-corrected chi connectivity index (χ3v) is 19.3. The molecule has 2 aliphatic rings. The number of benzene rings is 6. The van der Waals surface area contributed by atoms with Crippen molar-refractivity contribution < 1.29 is 38.0 Å². The molecule has 113 heavy (non-hydrogen) atoms. The SMILES string of the molecule is C.C.C.COc1cc(OC)cc(N(CC2CC2c2ccncc2)c2ccc3ncc(-c4cnn(C)c4)nc3c2)c1.COc1cc(OC)cc(N(CCC(=O)NC(C)C)c2ccc3ncc(-c4cnn(C)c4)nc3c2)c1.COc1cc(OC)cc(N(CCNC(C)C)c2ccc3ncc(-c4cnn(C5CCOCC5)c4)nc3c2)c1. The number of amides is 1. The highest BCUT2D eigenvalue weighted by Gasteiger charge is 2.40. The lowest BCUT2D eigenvalue weighted by Gasteiger charge is -2.27. The lowest BCUT2D eigenvalue weighted by molar-refractivity contribution is -0.121. The highest BCUT2D eigenvalue weighted by Crippen LogP contribution is 2.50. The van der Waals surface area contributed by atoms with Gasteiger partial charge in [-0.3, -0.25) is 38.8 Å². The fourth-order valence-corrected chi connectivity index (χ4v) is 13.4. The molecule has 1 saturated carbocycles. The second kappa shape index (κ2) is 38.6. The van der Waals surface area contributed by atoms with E-state index < -0.39 is 0 Å². The third kappa shape index (κ3) is 20.8. The number of rotatable bonds is 27. The number of methoxy groups -OCH3 is 6. The molecule has 1 saturated heterocycles. The Labute approximate surface area is 662 Å². The number of aryl methyl sites for hydroxylation is 2. The predicted octanol–water partition coefficient (Wildman–Crippen LogP) is 16.4. The summed E-state index contributed by atoms with van der Waals surface area (Å²) in [6.07, 6.45) is 23.9. The van der Waals surface area contributed by atoms with Gasteiger partial charge in [0.25, 0.3) is 0 Å². The van der Waals surface area contributed by atoms with E-state index in [1.807, 2.05) is 155 Å². The van der Waals surface area contributed by atoms with Crippen molar-refractivity contribution in [1.82, 2.24) is 74.9 Å². The average Bonchev–Trinajstić information content (AvgIpc) is 1.64. The Morgan fingerprint density at radius 1 is 0.478 bits per heavy atom. The first-order valence-corrected chi connectivity index (χ1v) is 36.9. The Morgan fingerprint density at radius 3 is 1.29 bits per heavy atom. The lowest BCUT2D eigenvalue weighted by atomic mass is 10.1. The molecule has 1 aliphatic carbocycles. The molecule has 0 bridgehead atoms. The Hall–Kier alpha value is -12.3. The Bertz CT molecular complexity index is 5210. The number of pyridine rings is 1. The van der Waals surface area contributed by atoms with Crippen molar-refractivity contribution in [3.8, 4) is 68.3 Å². The van der Waals surface area contributed by atoms with Crippen molar-refractivity contribution in [1.29, 1.82) is 0 Å². The van der Waals surface area contributed by atoms with Gasteiger partial charge >= 0.3 is 0 Å². The molecule has 8 heterocycles. The van der Waals surface area contributed by atoms with Crippen molar-refractivity contribution >= 4 is 73.1 Å². The number of nitrogens with one attached hydrogen (secondary N) is 2. The summed E-state index contributed by atoms with van der Waals surface area (Å²) in [5.41, 5.74) is 17.1. The minimum atomic E-state index is -0.0145. The highest BCUT2D eigenvalue weighted by atomic mass is 16.5.